The lowest BCUT2D eigenvalue weighted by atomic mass is 10.3. The first kappa shape index (κ1) is 12.4. The van der Waals surface area contributed by atoms with Crippen LogP contribution in [0.4, 0.5) is 0 Å². The summed E-state index contributed by atoms with van der Waals surface area (Å²) in [4.78, 5) is 17.1. The maximum absolute atomic E-state index is 11.8. The fraction of sp³-hybridized carbons (Fsp3) is 0.455. The van der Waals surface area contributed by atoms with Crippen molar-refractivity contribution in [3.63, 3.8) is 0 Å². The Labute approximate surface area is 94.7 Å². The van der Waals surface area contributed by atoms with E-state index in [9.17, 15) is 9.90 Å². The SMILES string of the molecule is CCOCCN(C)C(=O)c1ncccc1O. The van der Waals surface area contributed by atoms with Crippen molar-refractivity contribution in [3.05, 3.63) is 24.0 Å². The van der Waals surface area contributed by atoms with E-state index in [2.05, 4.69) is 4.98 Å². The zero-order valence-electron chi connectivity index (χ0n) is 9.51. The van der Waals surface area contributed by atoms with Crippen LogP contribution in [0.25, 0.3) is 0 Å². The minimum absolute atomic E-state index is 0.0708. The minimum atomic E-state index is -0.308. The van der Waals surface area contributed by atoms with Gasteiger partial charge in [0.1, 0.15) is 5.75 Å². The highest BCUT2D eigenvalue weighted by atomic mass is 16.5. The molecule has 0 radical (unpaired) electrons. The zero-order valence-corrected chi connectivity index (χ0v) is 9.51. The van der Waals surface area contributed by atoms with Gasteiger partial charge in [-0.25, -0.2) is 4.98 Å². The molecule has 1 heterocycles. The second kappa shape index (κ2) is 6.07. The summed E-state index contributed by atoms with van der Waals surface area (Å²) in [5.74, 6) is -0.409. The first-order valence-corrected chi connectivity index (χ1v) is 5.14. The highest BCUT2D eigenvalue weighted by Gasteiger charge is 2.16. The average molecular weight is 224 g/mol. The Morgan fingerprint density at radius 3 is 3.00 bits per heavy atom. The molecule has 0 unspecified atom stereocenters. The van der Waals surface area contributed by atoms with E-state index in [0.717, 1.165) is 0 Å². The quantitative estimate of drug-likeness (QED) is 0.755. The molecule has 1 rings (SSSR count). The van der Waals surface area contributed by atoms with Crippen molar-refractivity contribution in [2.75, 3.05) is 26.8 Å². The Balaban J connectivity index is 2.60. The maximum Gasteiger partial charge on any atom is 0.276 e. The summed E-state index contributed by atoms with van der Waals surface area (Å²) < 4.78 is 5.14. The van der Waals surface area contributed by atoms with Gasteiger partial charge < -0.3 is 14.7 Å². The minimum Gasteiger partial charge on any atom is -0.505 e. The number of pyridine rings is 1. The Hall–Kier alpha value is -1.62. The third-order valence-electron chi connectivity index (χ3n) is 2.11. The van der Waals surface area contributed by atoms with Crippen LogP contribution in [0.15, 0.2) is 18.3 Å². The molecule has 88 valence electrons. The molecule has 0 aliphatic heterocycles. The molecule has 0 saturated carbocycles. The second-order valence-corrected chi connectivity index (χ2v) is 3.29. The lowest BCUT2D eigenvalue weighted by molar-refractivity contribution is 0.0701. The van der Waals surface area contributed by atoms with Crippen LogP contribution in [0.1, 0.15) is 17.4 Å². The third-order valence-corrected chi connectivity index (χ3v) is 2.11. The number of hydrogen-bond acceptors (Lipinski definition) is 4. The molecule has 5 heteroatoms. The van der Waals surface area contributed by atoms with Gasteiger partial charge in [-0.2, -0.15) is 0 Å². The summed E-state index contributed by atoms with van der Waals surface area (Å²) in [5, 5.41) is 9.46. The summed E-state index contributed by atoms with van der Waals surface area (Å²) in [6.45, 7) is 3.47. The Morgan fingerprint density at radius 2 is 2.38 bits per heavy atom. The summed E-state index contributed by atoms with van der Waals surface area (Å²) in [7, 11) is 1.65. The van der Waals surface area contributed by atoms with Gasteiger partial charge >= 0.3 is 0 Å². The molecule has 0 saturated heterocycles. The first-order valence-electron chi connectivity index (χ1n) is 5.14. The molecule has 1 N–H and O–H groups in total. The van der Waals surface area contributed by atoms with Crippen LogP contribution < -0.4 is 0 Å². The van der Waals surface area contributed by atoms with Gasteiger partial charge in [0.15, 0.2) is 5.69 Å². The summed E-state index contributed by atoms with van der Waals surface area (Å²) >= 11 is 0. The Kier molecular flexibility index (Phi) is 4.72. The summed E-state index contributed by atoms with van der Waals surface area (Å²) in [5.41, 5.74) is 0.0708. The molecular weight excluding hydrogens is 208 g/mol. The van der Waals surface area contributed by atoms with Gasteiger partial charge in [0.05, 0.1) is 6.61 Å². The molecule has 1 amide bonds. The van der Waals surface area contributed by atoms with E-state index in [0.29, 0.717) is 19.8 Å². The highest BCUT2D eigenvalue weighted by Crippen LogP contribution is 2.14. The molecule has 0 aliphatic rings. The van der Waals surface area contributed by atoms with Crippen LogP contribution in [0, 0.1) is 0 Å². The molecule has 0 bridgehead atoms. The Morgan fingerprint density at radius 1 is 1.62 bits per heavy atom. The van der Waals surface area contributed by atoms with Gasteiger partial charge in [-0.05, 0) is 19.1 Å². The van der Waals surface area contributed by atoms with Crippen molar-refractivity contribution in [1.29, 1.82) is 0 Å². The number of aromatic nitrogens is 1. The van der Waals surface area contributed by atoms with Crippen LogP contribution in [0.5, 0.6) is 5.75 Å². The normalized spacial score (nSPS) is 10.1. The lowest BCUT2D eigenvalue weighted by Gasteiger charge is -2.16. The number of rotatable bonds is 5. The topological polar surface area (TPSA) is 62.7 Å². The number of ether oxygens (including phenoxy) is 1. The molecule has 5 nitrogen and oxygen atoms in total. The number of amides is 1. The fourth-order valence-electron chi connectivity index (χ4n) is 1.19. The smallest absolute Gasteiger partial charge is 0.276 e. The molecule has 0 aromatic carbocycles. The molecule has 16 heavy (non-hydrogen) atoms. The Bertz CT molecular complexity index is 355. The van der Waals surface area contributed by atoms with Crippen LogP contribution in [0.3, 0.4) is 0 Å². The molecule has 1 aromatic heterocycles. The van der Waals surface area contributed by atoms with Crippen molar-refractivity contribution in [2.45, 2.75) is 6.92 Å². The standard InChI is InChI=1S/C11H16N2O3/c1-3-16-8-7-13(2)11(15)10-9(14)5-4-6-12-10/h4-6,14H,3,7-8H2,1-2H3. The van der Waals surface area contributed by atoms with Crippen molar-refractivity contribution < 1.29 is 14.6 Å². The number of nitrogens with zero attached hydrogens (tertiary/aromatic N) is 2. The number of carbonyl (C=O) groups is 1. The van der Waals surface area contributed by atoms with E-state index in [1.165, 1.54) is 17.2 Å². The number of likely N-dealkylation sites (N-methyl/N-ethyl adjacent to an activating group) is 1. The van der Waals surface area contributed by atoms with Gasteiger partial charge in [-0.1, -0.05) is 0 Å². The van der Waals surface area contributed by atoms with Crippen LogP contribution in [-0.4, -0.2) is 47.7 Å². The molecule has 0 aliphatic carbocycles. The molecular formula is C11H16N2O3. The molecule has 0 fully saturated rings. The monoisotopic (exact) mass is 224 g/mol. The van der Waals surface area contributed by atoms with Gasteiger partial charge in [-0.3, -0.25) is 4.79 Å². The van der Waals surface area contributed by atoms with Crippen molar-refractivity contribution >= 4 is 5.91 Å². The van der Waals surface area contributed by atoms with Crippen molar-refractivity contribution in [1.82, 2.24) is 9.88 Å². The fourth-order valence-corrected chi connectivity index (χ4v) is 1.19. The third kappa shape index (κ3) is 3.20. The van der Waals surface area contributed by atoms with Gasteiger partial charge in [-0.15, -0.1) is 0 Å². The van der Waals surface area contributed by atoms with Crippen molar-refractivity contribution in [2.24, 2.45) is 0 Å². The van der Waals surface area contributed by atoms with E-state index < -0.39 is 0 Å². The van der Waals surface area contributed by atoms with E-state index >= 15 is 0 Å². The largest absolute Gasteiger partial charge is 0.505 e. The van der Waals surface area contributed by atoms with E-state index in [1.54, 1.807) is 13.1 Å². The first-order chi connectivity index (χ1) is 7.66. The van der Waals surface area contributed by atoms with E-state index in [1.807, 2.05) is 6.92 Å². The maximum atomic E-state index is 11.8. The van der Waals surface area contributed by atoms with Crippen molar-refractivity contribution in [3.8, 4) is 5.75 Å². The number of carbonyl (C=O) groups excluding carboxylic acids is 1. The summed E-state index contributed by atoms with van der Waals surface area (Å²) in [6.07, 6.45) is 1.48. The van der Waals surface area contributed by atoms with Gasteiger partial charge in [0, 0.05) is 26.4 Å². The van der Waals surface area contributed by atoms with Crippen LogP contribution >= 0.6 is 0 Å². The average Bonchev–Trinajstić information content (AvgIpc) is 2.29. The highest BCUT2D eigenvalue weighted by molar-refractivity contribution is 5.94. The van der Waals surface area contributed by atoms with Gasteiger partial charge in [0.25, 0.3) is 5.91 Å². The van der Waals surface area contributed by atoms with E-state index in [4.69, 9.17) is 4.74 Å². The molecule has 1 aromatic rings. The van der Waals surface area contributed by atoms with Crippen LogP contribution in [-0.2, 0) is 4.74 Å². The van der Waals surface area contributed by atoms with E-state index in [-0.39, 0.29) is 17.4 Å². The number of aromatic hydroxyl groups is 1. The molecule has 0 atom stereocenters. The van der Waals surface area contributed by atoms with Gasteiger partial charge in [0.2, 0.25) is 0 Å². The van der Waals surface area contributed by atoms with Crippen LogP contribution in [0.2, 0.25) is 0 Å². The molecule has 0 spiro atoms. The predicted molar refractivity (Wildman–Crippen MR) is 59.4 cm³/mol. The number of hydrogen-bond donors (Lipinski definition) is 1. The second-order valence-electron chi connectivity index (χ2n) is 3.29. The zero-order chi connectivity index (χ0) is 12.0. The predicted octanol–water partition coefficient (Wildman–Crippen LogP) is 0.896. The lowest BCUT2D eigenvalue weighted by Crippen LogP contribution is -2.30. The summed E-state index contributed by atoms with van der Waals surface area (Å²) in [6, 6.07) is 3.02.